The van der Waals surface area contributed by atoms with Gasteiger partial charge in [-0.05, 0) is 29.8 Å². The van der Waals surface area contributed by atoms with Crippen LogP contribution in [0, 0.1) is 11.6 Å². The summed E-state index contributed by atoms with van der Waals surface area (Å²) in [6, 6.07) is 14.2. The number of hydrogen-bond acceptors (Lipinski definition) is 4. The van der Waals surface area contributed by atoms with E-state index >= 15 is 0 Å². The highest BCUT2D eigenvalue weighted by Crippen LogP contribution is 2.30. The Kier molecular flexibility index (Phi) is 4.55. The van der Waals surface area contributed by atoms with Crippen LogP contribution in [0.1, 0.15) is 11.7 Å². The fourth-order valence-corrected chi connectivity index (χ4v) is 3.88. The summed E-state index contributed by atoms with van der Waals surface area (Å²) in [5.74, 6) is -1.38. The summed E-state index contributed by atoms with van der Waals surface area (Å²) < 4.78 is 28.4. The largest absolute Gasteiger partial charge is 0.386 e. The summed E-state index contributed by atoms with van der Waals surface area (Å²) in [6.07, 6.45) is -0.0546. The van der Waals surface area contributed by atoms with Gasteiger partial charge >= 0.3 is 0 Å². The molecule has 0 saturated heterocycles. The molecule has 0 bridgehead atoms. The molecule has 1 N–H and O–H groups in total. The van der Waals surface area contributed by atoms with Crippen molar-refractivity contribution in [2.75, 3.05) is 0 Å². The Morgan fingerprint density at radius 2 is 1.89 bits per heavy atom. The number of benzene rings is 2. The summed E-state index contributed by atoms with van der Waals surface area (Å²) in [4.78, 5) is 18.5. The van der Waals surface area contributed by atoms with Crippen LogP contribution in [0.25, 0.3) is 20.7 Å². The molecule has 0 amide bonds. The quantitative estimate of drug-likeness (QED) is 0.575. The Labute approximate surface area is 157 Å². The lowest BCUT2D eigenvalue weighted by Crippen LogP contribution is -2.23. The van der Waals surface area contributed by atoms with Gasteiger partial charge in [-0.25, -0.2) is 13.8 Å². The maximum absolute atomic E-state index is 13.8. The molecule has 0 aliphatic carbocycles. The van der Waals surface area contributed by atoms with Crippen LogP contribution in [-0.4, -0.2) is 14.7 Å². The number of aliphatic hydroxyl groups excluding tert-OH is 1. The predicted octanol–water partition coefficient (Wildman–Crippen LogP) is 4.14. The predicted molar refractivity (Wildman–Crippen MR) is 101 cm³/mol. The average Bonchev–Trinajstić information content (AvgIpc) is 3.12. The Morgan fingerprint density at radius 3 is 2.67 bits per heavy atom. The maximum Gasteiger partial charge on any atom is 0.262 e. The zero-order valence-electron chi connectivity index (χ0n) is 14.0. The van der Waals surface area contributed by atoms with E-state index in [-0.39, 0.29) is 17.7 Å². The van der Waals surface area contributed by atoms with Crippen LogP contribution >= 0.6 is 11.3 Å². The fraction of sp³-hybridized carbons (Fsp3) is 0.100. The van der Waals surface area contributed by atoms with Crippen LogP contribution in [0.5, 0.6) is 0 Å². The molecule has 2 aromatic carbocycles. The van der Waals surface area contributed by atoms with Crippen molar-refractivity contribution in [2.24, 2.45) is 0 Å². The lowest BCUT2D eigenvalue weighted by Gasteiger charge is -2.13. The van der Waals surface area contributed by atoms with E-state index in [9.17, 15) is 18.7 Å². The molecular weight excluding hydrogens is 370 g/mol. The number of aliphatic hydroxyl groups is 1. The molecule has 0 radical (unpaired) electrons. The highest BCUT2D eigenvalue weighted by Gasteiger charge is 2.17. The molecule has 2 aromatic heterocycles. The molecule has 0 unspecified atom stereocenters. The van der Waals surface area contributed by atoms with Crippen LogP contribution in [-0.2, 0) is 6.54 Å². The molecule has 0 aliphatic rings. The molecule has 0 fully saturated rings. The molecule has 4 aromatic rings. The first-order valence-electron chi connectivity index (χ1n) is 8.20. The first-order valence-corrected chi connectivity index (χ1v) is 9.02. The number of thiophene rings is 1. The second-order valence-corrected chi connectivity index (χ2v) is 7.11. The first kappa shape index (κ1) is 17.5. The molecule has 136 valence electrons. The van der Waals surface area contributed by atoms with Crippen molar-refractivity contribution >= 4 is 21.6 Å². The van der Waals surface area contributed by atoms with E-state index in [1.807, 2.05) is 30.3 Å². The molecule has 2 heterocycles. The van der Waals surface area contributed by atoms with Crippen molar-refractivity contribution in [2.45, 2.75) is 12.6 Å². The summed E-state index contributed by atoms with van der Waals surface area (Å²) in [5.41, 5.74) is 0.444. The van der Waals surface area contributed by atoms with Crippen LogP contribution in [0.15, 0.2) is 65.7 Å². The van der Waals surface area contributed by atoms with Crippen molar-refractivity contribution < 1.29 is 13.9 Å². The smallest absolute Gasteiger partial charge is 0.262 e. The summed E-state index contributed by atoms with van der Waals surface area (Å²) >= 11 is 1.40. The molecule has 7 heteroatoms. The third-order valence-corrected chi connectivity index (χ3v) is 5.36. The topological polar surface area (TPSA) is 55.1 Å². The highest BCUT2D eigenvalue weighted by molar-refractivity contribution is 7.21. The van der Waals surface area contributed by atoms with Crippen LogP contribution in [0.2, 0.25) is 0 Å². The minimum atomic E-state index is -1.37. The van der Waals surface area contributed by atoms with Gasteiger partial charge in [0.1, 0.15) is 16.5 Å². The molecule has 0 aliphatic heterocycles. The van der Waals surface area contributed by atoms with Crippen molar-refractivity contribution in [3.8, 4) is 10.4 Å². The summed E-state index contributed by atoms with van der Waals surface area (Å²) in [7, 11) is 0. The summed E-state index contributed by atoms with van der Waals surface area (Å²) in [5, 5.41) is 10.7. The van der Waals surface area contributed by atoms with Gasteiger partial charge in [0, 0.05) is 10.4 Å². The zero-order chi connectivity index (χ0) is 19.0. The highest BCUT2D eigenvalue weighted by atomic mass is 32.1. The average molecular weight is 384 g/mol. The van der Waals surface area contributed by atoms with Gasteiger partial charge in [-0.1, -0.05) is 30.3 Å². The molecule has 0 saturated carbocycles. The number of rotatable bonds is 4. The molecule has 4 rings (SSSR count). The number of hydrogen-bond donors (Lipinski definition) is 1. The normalized spacial score (nSPS) is 12.4. The second-order valence-electron chi connectivity index (χ2n) is 6.08. The van der Waals surface area contributed by atoms with E-state index in [1.165, 1.54) is 22.2 Å². The third-order valence-electron chi connectivity index (χ3n) is 4.26. The van der Waals surface area contributed by atoms with Crippen molar-refractivity contribution in [1.82, 2.24) is 9.55 Å². The van der Waals surface area contributed by atoms with Gasteiger partial charge in [-0.15, -0.1) is 11.3 Å². The van der Waals surface area contributed by atoms with Crippen molar-refractivity contribution in [1.29, 1.82) is 0 Å². The first-order chi connectivity index (χ1) is 13.0. The van der Waals surface area contributed by atoms with Gasteiger partial charge in [0.05, 0.1) is 24.4 Å². The standard InChI is InChI=1S/C20H14F2N2O2S/c21-13-6-7-16(22)14(8-13)17(25)10-24-11-23-19-15(20(24)26)9-18(27-19)12-4-2-1-3-5-12/h1-9,11,17,25H,10H2/t17-/m1/s1. The molecule has 0 spiro atoms. The van der Waals surface area contributed by atoms with Gasteiger partial charge in [0.25, 0.3) is 5.56 Å². The number of halogens is 2. The van der Waals surface area contributed by atoms with E-state index in [1.54, 1.807) is 6.07 Å². The SMILES string of the molecule is O=c1c2cc(-c3ccccc3)sc2ncn1C[C@@H](O)c1cc(F)ccc1F. The Balaban J connectivity index is 1.70. The number of fused-ring (bicyclic) bond motifs is 1. The third kappa shape index (κ3) is 3.39. The van der Waals surface area contributed by atoms with Gasteiger partial charge in [-0.2, -0.15) is 0 Å². The molecule has 4 nitrogen and oxygen atoms in total. The van der Waals surface area contributed by atoms with Gasteiger partial charge in [-0.3, -0.25) is 9.36 Å². The van der Waals surface area contributed by atoms with Gasteiger partial charge in [0.2, 0.25) is 0 Å². The van der Waals surface area contributed by atoms with E-state index in [2.05, 4.69) is 4.98 Å². The van der Waals surface area contributed by atoms with Crippen LogP contribution in [0.3, 0.4) is 0 Å². The van der Waals surface area contributed by atoms with Gasteiger partial charge < -0.3 is 5.11 Å². The number of aromatic nitrogens is 2. The lowest BCUT2D eigenvalue weighted by molar-refractivity contribution is 0.150. The van der Waals surface area contributed by atoms with Crippen molar-refractivity contribution in [3.05, 3.63) is 88.5 Å². The second kappa shape index (κ2) is 7.02. The fourth-order valence-electron chi connectivity index (χ4n) is 2.89. The number of nitrogens with zero attached hydrogens (tertiary/aromatic N) is 2. The van der Waals surface area contributed by atoms with E-state index in [0.29, 0.717) is 10.2 Å². The van der Waals surface area contributed by atoms with Gasteiger partial charge in [0.15, 0.2) is 0 Å². The van der Waals surface area contributed by atoms with E-state index in [0.717, 1.165) is 28.6 Å². The minimum Gasteiger partial charge on any atom is -0.386 e. The molecular formula is C20H14F2N2O2S. The Bertz CT molecular complexity index is 1170. The Morgan fingerprint density at radius 1 is 1.11 bits per heavy atom. The monoisotopic (exact) mass is 384 g/mol. The maximum atomic E-state index is 13.8. The van der Waals surface area contributed by atoms with Crippen molar-refractivity contribution in [3.63, 3.8) is 0 Å². The van der Waals surface area contributed by atoms with E-state index < -0.39 is 17.7 Å². The van der Waals surface area contributed by atoms with Crippen LogP contribution < -0.4 is 5.56 Å². The minimum absolute atomic E-state index is 0.197. The zero-order valence-corrected chi connectivity index (χ0v) is 14.8. The molecule has 1 atom stereocenters. The van der Waals surface area contributed by atoms with Crippen LogP contribution in [0.4, 0.5) is 8.78 Å². The molecule has 27 heavy (non-hydrogen) atoms. The summed E-state index contributed by atoms with van der Waals surface area (Å²) in [6.45, 7) is -0.224. The lowest BCUT2D eigenvalue weighted by atomic mass is 10.1. The van der Waals surface area contributed by atoms with E-state index in [4.69, 9.17) is 0 Å². The Hall–Kier alpha value is -2.90.